The number of anilines is 1. The van der Waals surface area contributed by atoms with Crippen molar-refractivity contribution in [2.75, 3.05) is 25.0 Å². The van der Waals surface area contributed by atoms with Crippen LogP contribution < -0.4 is 10.6 Å². The van der Waals surface area contributed by atoms with E-state index < -0.39 is 12.1 Å². The van der Waals surface area contributed by atoms with Crippen molar-refractivity contribution in [1.29, 1.82) is 0 Å². The molecule has 4 rings (SSSR count). The molecule has 0 aromatic heterocycles. The number of hydrogen-bond donors (Lipinski definition) is 2. The monoisotopic (exact) mass is 490 g/mol. The number of urea groups is 1. The van der Waals surface area contributed by atoms with Crippen LogP contribution in [-0.4, -0.2) is 59.4 Å². The first-order valence-corrected chi connectivity index (χ1v) is 13.2. The van der Waals surface area contributed by atoms with Crippen LogP contribution in [0.25, 0.3) is 0 Å². The number of benzene rings is 2. The molecule has 1 saturated carbocycles. The number of rotatable bonds is 6. The predicted molar refractivity (Wildman–Crippen MR) is 142 cm³/mol. The fourth-order valence-electron chi connectivity index (χ4n) is 5.39. The van der Waals surface area contributed by atoms with E-state index in [2.05, 4.69) is 10.6 Å². The normalized spacial score (nSPS) is 19.4. The number of piperazine rings is 1. The summed E-state index contributed by atoms with van der Waals surface area (Å²) >= 11 is 0. The molecular weight excluding hydrogens is 452 g/mol. The van der Waals surface area contributed by atoms with Crippen LogP contribution in [0.4, 0.5) is 10.5 Å². The lowest BCUT2D eigenvalue weighted by Gasteiger charge is -2.42. The molecule has 0 radical (unpaired) electrons. The number of amides is 4. The zero-order chi connectivity index (χ0) is 25.5. The number of aryl methyl sites for hydroxylation is 1. The molecule has 2 unspecified atom stereocenters. The summed E-state index contributed by atoms with van der Waals surface area (Å²) in [6, 6.07) is 16.1. The molecule has 1 aliphatic carbocycles. The first kappa shape index (κ1) is 25.7. The van der Waals surface area contributed by atoms with E-state index in [1.807, 2.05) is 73.3 Å². The lowest BCUT2D eigenvalue weighted by molar-refractivity contribution is -0.146. The zero-order valence-corrected chi connectivity index (χ0v) is 21.4. The summed E-state index contributed by atoms with van der Waals surface area (Å²) in [5, 5.41) is 5.76. The summed E-state index contributed by atoms with van der Waals surface area (Å²) in [6.45, 7) is 5.47. The Morgan fingerprint density at radius 2 is 1.72 bits per heavy atom. The van der Waals surface area contributed by atoms with E-state index in [0.29, 0.717) is 31.7 Å². The third kappa shape index (κ3) is 6.65. The second-order valence-electron chi connectivity index (χ2n) is 10.2. The summed E-state index contributed by atoms with van der Waals surface area (Å²) < 4.78 is 0. The van der Waals surface area contributed by atoms with Crippen LogP contribution in [0.3, 0.4) is 0 Å². The summed E-state index contributed by atoms with van der Waals surface area (Å²) in [5.41, 5.74) is 2.70. The van der Waals surface area contributed by atoms with E-state index in [1.54, 1.807) is 4.90 Å². The Hall–Kier alpha value is -3.35. The predicted octanol–water partition coefficient (Wildman–Crippen LogP) is 4.37. The van der Waals surface area contributed by atoms with Gasteiger partial charge < -0.3 is 20.4 Å². The Bertz CT molecular complexity index is 1050. The number of nitrogens with one attached hydrogen (secondary N) is 2. The Balaban J connectivity index is 1.42. The van der Waals surface area contributed by atoms with Crippen LogP contribution in [0.1, 0.15) is 50.2 Å². The van der Waals surface area contributed by atoms with Gasteiger partial charge in [0.15, 0.2) is 0 Å². The fourth-order valence-corrected chi connectivity index (χ4v) is 5.39. The average molecular weight is 491 g/mol. The highest BCUT2D eigenvalue weighted by atomic mass is 16.2. The van der Waals surface area contributed by atoms with Crippen molar-refractivity contribution in [3.05, 3.63) is 65.7 Å². The van der Waals surface area contributed by atoms with Crippen LogP contribution in [0.15, 0.2) is 54.6 Å². The van der Waals surface area contributed by atoms with Gasteiger partial charge >= 0.3 is 6.03 Å². The van der Waals surface area contributed by atoms with Gasteiger partial charge in [-0.25, -0.2) is 4.79 Å². The molecule has 0 bridgehead atoms. The van der Waals surface area contributed by atoms with Gasteiger partial charge in [0.25, 0.3) is 0 Å². The maximum Gasteiger partial charge on any atom is 0.319 e. The quantitative estimate of drug-likeness (QED) is 0.631. The largest absolute Gasteiger partial charge is 0.337 e. The standard InChI is InChI=1S/C29H38N4O3/c1-21-10-9-15-25(18-21)30-29(36)31-26(19-23-11-5-3-6-12-23)28(35)32-16-17-33(22(2)20-32)27(34)24-13-7-4-8-14-24/h3,5-6,9-12,15,18,22,24,26H,4,7-8,13-14,16-17,19-20H2,1-2H3,(H2,30,31,36). The molecule has 2 aromatic rings. The van der Waals surface area contributed by atoms with E-state index in [4.69, 9.17) is 0 Å². The Morgan fingerprint density at radius 1 is 0.972 bits per heavy atom. The Kier molecular flexibility index (Phi) is 8.62. The highest BCUT2D eigenvalue weighted by Gasteiger charge is 2.36. The number of carbonyl (C=O) groups excluding carboxylic acids is 3. The minimum Gasteiger partial charge on any atom is -0.337 e. The van der Waals surface area contributed by atoms with Crippen molar-refractivity contribution < 1.29 is 14.4 Å². The minimum atomic E-state index is -0.704. The molecule has 2 N–H and O–H groups in total. The lowest BCUT2D eigenvalue weighted by Crippen LogP contribution is -2.60. The smallest absolute Gasteiger partial charge is 0.319 e. The molecule has 192 valence electrons. The summed E-state index contributed by atoms with van der Waals surface area (Å²) in [5.74, 6) is 0.252. The van der Waals surface area contributed by atoms with Crippen molar-refractivity contribution in [3.8, 4) is 0 Å². The average Bonchev–Trinajstić information content (AvgIpc) is 2.88. The third-order valence-corrected chi connectivity index (χ3v) is 7.34. The van der Waals surface area contributed by atoms with Gasteiger partial charge in [-0.3, -0.25) is 9.59 Å². The molecular formula is C29H38N4O3. The molecule has 2 aliphatic rings. The number of nitrogens with zero attached hydrogens (tertiary/aromatic N) is 2. The van der Waals surface area contributed by atoms with Gasteiger partial charge in [0.05, 0.1) is 0 Å². The van der Waals surface area contributed by atoms with Crippen molar-refractivity contribution in [2.45, 2.75) is 64.5 Å². The molecule has 36 heavy (non-hydrogen) atoms. The van der Waals surface area contributed by atoms with Crippen LogP contribution in [0, 0.1) is 12.8 Å². The van der Waals surface area contributed by atoms with Crippen molar-refractivity contribution in [3.63, 3.8) is 0 Å². The summed E-state index contributed by atoms with van der Waals surface area (Å²) in [4.78, 5) is 43.4. The van der Waals surface area contributed by atoms with Gasteiger partial charge in [-0.05, 0) is 49.9 Å². The first-order valence-electron chi connectivity index (χ1n) is 13.2. The Labute approximate surface area is 214 Å². The maximum atomic E-state index is 13.6. The fraction of sp³-hybridized carbons (Fsp3) is 0.483. The van der Waals surface area contributed by atoms with E-state index in [0.717, 1.165) is 36.8 Å². The lowest BCUT2D eigenvalue weighted by atomic mass is 9.87. The molecule has 2 fully saturated rings. The van der Waals surface area contributed by atoms with Gasteiger partial charge in [-0.15, -0.1) is 0 Å². The van der Waals surface area contributed by atoms with Crippen LogP contribution >= 0.6 is 0 Å². The van der Waals surface area contributed by atoms with Gasteiger partial charge in [-0.2, -0.15) is 0 Å². The van der Waals surface area contributed by atoms with Crippen LogP contribution in [-0.2, 0) is 16.0 Å². The van der Waals surface area contributed by atoms with Gasteiger partial charge in [0.1, 0.15) is 6.04 Å². The van der Waals surface area contributed by atoms with Gasteiger partial charge in [-0.1, -0.05) is 61.7 Å². The van der Waals surface area contributed by atoms with Crippen LogP contribution in [0.2, 0.25) is 0 Å². The maximum absolute atomic E-state index is 13.6. The van der Waals surface area contributed by atoms with Gasteiger partial charge in [0, 0.05) is 43.7 Å². The molecule has 0 spiro atoms. The van der Waals surface area contributed by atoms with E-state index in [9.17, 15) is 14.4 Å². The van der Waals surface area contributed by atoms with Crippen LogP contribution in [0.5, 0.6) is 0 Å². The third-order valence-electron chi connectivity index (χ3n) is 7.34. The Morgan fingerprint density at radius 3 is 2.42 bits per heavy atom. The number of hydrogen-bond acceptors (Lipinski definition) is 3. The summed E-state index contributed by atoms with van der Waals surface area (Å²) in [6.07, 6.45) is 5.82. The van der Waals surface area contributed by atoms with Crippen molar-refractivity contribution in [1.82, 2.24) is 15.1 Å². The second-order valence-corrected chi connectivity index (χ2v) is 10.2. The molecule has 4 amide bonds. The molecule has 1 aliphatic heterocycles. The molecule has 1 saturated heterocycles. The molecule has 7 nitrogen and oxygen atoms in total. The molecule has 7 heteroatoms. The molecule has 2 atom stereocenters. The SMILES string of the molecule is Cc1cccc(NC(=O)NC(Cc2ccccc2)C(=O)N2CCN(C(=O)C3CCCCC3)C(C)C2)c1. The van der Waals surface area contributed by atoms with Gasteiger partial charge in [0.2, 0.25) is 11.8 Å². The highest BCUT2D eigenvalue weighted by Crippen LogP contribution is 2.27. The van der Waals surface area contributed by atoms with E-state index in [1.165, 1.54) is 6.42 Å². The van der Waals surface area contributed by atoms with E-state index >= 15 is 0 Å². The topological polar surface area (TPSA) is 81.8 Å². The zero-order valence-electron chi connectivity index (χ0n) is 21.4. The first-order chi connectivity index (χ1) is 17.4. The van der Waals surface area contributed by atoms with Crippen molar-refractivity contribution in [2.24, 2.45) is 5.92 Å². The summed E-state index contributed by atoms with van der Waals surface area (Å²) in [7, 11) is 0. The second kappa shape index (κ2) is 12.1. The molecule has 1 heterocycles. The molecule has 2 aromatic carbocycles. The van der Waals surface area contributed by atoms with E-state index in [-0.39, 0.29) is 23.8 Å². The minimum absolute atomic E-state index is 0.0457. The number of carbonyl (C=O) groups is 3. The van der Waals surface area contributed by atoms with Crippen molar-refractivity contribution >= 4 is 23.5 Å². The highest BCUT2D eigenvalue weighted by molar-refractivity contribution is 5.94.